The molecule has 0 heterocycles. The van der Waals surface area contributed by atoms with Gasteiger partial charge in [0.25, 0.3) is 5.91 Å². The van der Waals surface area contributed by atoms with Gasteiger partial charge in [0.15, 0.2) is 6.61 Å². The molecule has 138 valence electrons. The maximum absolute atomic E-state index is 12.7. The first kappa shape index (κ1) is 19.5. The van der Waals surface area contributed by atoms with Crippen molar-refractivity contribution in [2.45, 2.75) is 27.3 Å². The summed E-state index contributed by atoms with van der Waals surface area (Å²) in [6, 6.07) is 15.3. The maximum Gasteiger partial charge on any atom is 0.308 e. The number of rotatable bonds is 8. The third kappa shape index (κ3) is 5.34. The van der Waals surface area contributed by atoms with Gasteiger partial charge in [0, 0.05) is 13.1 Å². The summed E-state index contributed by atoms with van der Waals surface area (Å²) in [6.07, 6.45) is 0. The van der Waals surface area contributed by atoms with Crippen LogP contribution in [0.3, 0.4) is 0 Å². The zero-order chi connectivity index (χ0) is 19.1. The average Bonchev–Trinajstić information content (AvgIpc) is 2.61. The van der Waals surface area contributed by atoms with E-state index in [1.165, 1.54) is 0 Å². The largest absolute Gasteiger partial charge is 0.483 e. The van der Waals surface area contributed by atoms with Gasteiger partial charge in [-0.1, -0.05) is 55.5 Å². The number of carbonyl (C=O) groups excluding carboxylic acids is 1. The number of hydrogen-bond donors (Lipinski definition) is 1. The van der Waals surface area contributed by atoms with Gasteiger partial charge >= 0.3 is 5.97 Å². The topological polar surface area (TPSA) is 66.8 Å². The highest BCUT2D eigenvalue weighted by molar-refractivity contribution is 5.79. The van der Waals surface area contributed by atoms with Crippen LogP contribution in [0.1, 0.15) is 23.6 Å². The number of para-hydroxylation sites is 1. The van der Waals surface area contributed by atoms with E-state index in [-0.39, 0.29) is 19.1 Å². The molecule has 0 fully saturated rings. The Morgan fingerprint density at radius 3 is 2.23 bits per heavy atom. The Kier molecular flexibility index (Phi) is 6.78. The first-order chi connectivity index (χ1) is 12.4. The third-order valence-electron chi connectivity index (χ3n) is 4.23. The van der Waals surface area contributed by atoms with E-state index in [4.69, 9.17) is 4.74 Å². The highest BCUT2D eigenvalue weighted by atomic mass is 16.5. The average molecular weight is 355 g/mol. The number of hydrogen-bond acceptors (Lipinski definition) is 3. The van der Waals surface area contributed by atoms with Crippen molar-refractivity contribution in [2.75, 3.05) is 13.2 Å². The lowest BCUT2D eigenvalue weighted by Crippen LogP contribution is -2.39. The summed E-state index contributed by atoms with van der Waals surface area (Å²) in [7, 11) is 0. The normalized spacial score (nSPS) is 11.7. The molecule has 0 unspecified atom stereocenters. The molecule has 5 nitrogen and oxygen atoms in total. The molecule has 2 aromatic rings. The zero-order valence-electron chi connectivity index (χ0n) is 15.4. The highest BCUT2D eigenvalue weighted by Gasteiger charge is 2.21. The van der Waals surface area contributed by atoms with Gasteiger partial charge in [-0.25, -0.2) is 0 Å². The second-order valence-corrected chi connectivity index (χ2v) is 6.51. The minimum Gasteiger partial charge on any atom is -0.483 e. The summed E-state index contributed by atoms with van der Waals surface area (Å²) in [5.41, 5.74) is 2.88. The Hall–Kier alpha value is -2.82. The molecule has 0 spiro atoms. The molecule has 1 N–H and O–H groups in total. The molecule has 2 rings (SSSR count). The predicted octanol–water partition coefficient (Wildman–Crippen LogP) is 3.43. The van der Waals surface area contributed by atoms with Crippen molar-refractivity contribution < 1.29 is 19.4 Å². The summed E-state index contributed by atoms with van der Waals surface area (Å²) < 4.78 is 5.75. The molecule has 0 bridgehead atoms. The van der Waals surface area contributed by atoms with Crippen LogP contribution in [0, 0.1) is 19.8 Å². The van der Waals surface area contributed by atoms with Gasteiger partial charge < -0.3 is 14.7 Å². The van der Waals surface area contributed by atoms with Crippen LogP contribution in [0.5, 0.6) is 5.75 Å². The van der Waals surface area contributed by atoms with Crippen LogP contribution in [-0.4, -0.2) is 35.0 Å². The second kappa shape index (κ2) is 9.04. The molecular formula is C21H25NO4. The molecule has 0 saturated heterocycles. The van der Waals surface area contributed by atoms with E-state index >= 15 is 0 Å². The van der Waals surface area contributed by atoms with E-state index in [9.17, 15) is 14.7 Å². The first-order valence-corrected chi connectivity index (χ1v) is 8.62. The summed E-state index contributed by atoms with van der Waals surface area (Å²) in [5.74, 6) is -1.11. The summed E-state index contributed by atoms with van der Waals surface area (Å²) in [4.78, 5) is 25.5. The molecule has 0 aliphatic heterocycles. The Bertz CT molecular complexity index is 738. The minimum absolute atomic E-state index is 0.120. The number of aryl methyl sites for hydroxylation is 2. The number of carboxylic acid groups (broad SMARTS) is 1. The Labute approximate surface area is 154 Å². The fourth-order valence-corrected chi connectivity index (χ4v) is 2.72. The van der Waals surface area contributed by atoms with E-state index in [0.29, 0.717) is 12.3 Å². The SMILES string of the molecule is Cc1cccc(C)c1OCC(=O)N(Cc1ccccc1)C[C@@H](C)C(=O)O. The lowest BCUT2D eigenvalue weighted by atomic mass is 10.1. The van der Waals surface area contributed by atoms with Crippen LogP contribution in [0.15, 0.2) is 48.5 Å². The zero-order valence-corrected chi connectivity index (χ0v) is 15.4. The van der Waals surface area contributed by atoms with Crippen LogP contribution >= 0.6 is 0 Å². The molecule has 0 aliphatic carbocycles. The molecule has 0 saturated carbocycles. The van der Waals surface area contributed by atoms with Gasteiger partial charge in [-0.2, -0.15) is 0 Å². The molecule has 0 radical (unpaired) electrons. The molecule has 26 heavy (non-hydrogen) atoms. The van der Waals surface area contributed by atoms with Gasteiger partial charge in [-0.05, 0) is 30.5 Å². The van der Waals surface area contributed by atoms with E-state index in [2.05, 4.69) is 0 Å². The molecule has 1 amide bonds. The minimum atomic E-state index is -0.925. The molecule has 2 aromatic carbocycles. The smallest absolute Gasteiger partial charge is 0.308 e. The van der Waals surface area contributed by atoms with Crippen molar-refractivity contribution >= 4 is 11.9 Å². The monoisotopic (exact) mass is 355 g/mol. The van der Waals surface area contributed by atoms with Gasteiger partial charge in [0.1, 0.15) is 5.75 Å². The summed E-state index contributed by atoms with van der Waals surface area (Å²) in [5, 5.41) is 9.19. The number of nitrogens with zero attached hydrogens (tertiary/aromatic N) is 1. The van der Waals surface area contributed by atoms with E-state index in [1.807, 2.05) is 62.4 Å². The summed E-state index contributed by atoms with van der Waals surface area (Å²) >= 11 is 0. The third-order valence-corrected chi connectivity index (χ3v) is 4.23. The van der Waals surface area contributed by atoms with Crippen molar-refractivity contribution in [3.63, 3.8) is 0 Å². The Morgan fingerprint density at radius 2 is 1.65 bits per heavy atom. The first-order valence-electron chi connectivity index (χ1n) is 8.62. The van der Waals surface area contributed by atoms with Crippen molar-refractivity contribution in [3.8, 4) is 5.75 Å². The quantitative estimate of drug-likeness (QED) is 0.788. The number of amides is 1. The molecule has 0 aromatic heterocycles. The number of carboxylic acids is 1. The fourth-order valence-electron chi connectivity index (χ4n) is 2.72. The maximum atomic E-state index is 12.7. The number of carbonyl (C=O) groups is 2. The number of ether oxygens (including phenoxy) is 1. The predicted molar refractivity (Wildman–Crippen MR) is 100 cm³/mol. The number of aliphatic carboxylic acids is 1. The molecule has 1 atom stereocenters. The molecule has 0 aliphatic rings. The fraction of sp³-hybridized carbons (Fsp3) is 0.333. The molecule has 5 heteroatoms. The standard InChI is InChI=1S/C21H25NO4/c1-15-8-7-9-16(2)20(15)26-14-19(23)22(12-17(3)21(24)25)13-18-10-5-4-6-11-18/h4-11,17H,12-14H2,1-3H3,(H,24,25)/t17-/m1/s1. The van der Waals surface area contributed by atoms with Crippen molar-refractivity contribution in [2.24, 2.45) is 5.92 Å². The van der Waals surface area contributed by atoms with Gasteiger partial charge in [-0.3, -0.25) is 9.59 Å². The van der Waals surface area contributed by atoms with Crippen molar-refractivity contribution in [1.29, 1.82) is 0 Å². The van der Waals surface area contributed by atoms with Crippen LogP contribution in [0.25, 0.3) is 0 Å². The second-order valence-electron chi connectivity index (χ2n) is 6.51. The van der Waals surface area contributed by atoms with E-state index < -0.39 is 11.9 Å². The highest BCUT2D eigenvalue weighted by Crippen LogP contribution is 2.22. The van der Waals surface area contributed by atoms with Crippen LogP contribution < -0.4 is 4.74 Å². The van der Waals surface area contributed by atoms with E-state index in [1.54, 1.807) is 11.8 Å². The van der Waals surface area contributed by atoms with Crippen LogP contribution in [0.4, 0.5) is 0 Å². The van der Waals surface area contributed by atoms with E-state index in [0.717, 1.165) is 16.7 Å². The van der Waals surface area contributed by atoms with Crippen molar-refractivity contribution in [1.82, 2.24) is 4.90 Å². The van der Waals surface area contributed by atoms with Gasteiger partial charge in [-0.15, -0.1) is 0 Å². The van der Waals surface area contributed by atoms with Crippen LogP contribution in [0.2, 0.25) is 0 Å². The van der Waals surface area contributed by atoms with Gasteiger partial charge in [0.05, 0.1) is 5.92 Å². The summed E-state index contributed by atoms with van der Waals surface area (Å²) in [6.45, 7) is 5.83. The van der Waals surface area contributed by atoms with Gasteiger partial charge in [0.2, 0.25) is 0 Å². The lowest BCUT2D eigenvalue weighted by Gasteiger charge is -2.25. The Balaban J connectivity index is 2.10. The van der Waals surface area contributed by atoms with Crippen LogP contribution in [-0.2, 0) is 16.1 Å². The number of benzene rings is 2. The van der Waals surface area contributed by atoms with Crippen molar-refractivity contribution in [3.05, 3.63) is 65.2 Å². The Morgan fingerprint density at radius 1 is 1.04 bits per heavy atom. The lowest BCUT2D eigenvalue weighted by molar-refractivity contribution is -0.143. The molecular weight excluding hydrogens is 330 g/mol.